The molecule has 4 unspecified atom stereocenters. The molecule has 0 aliphatic heterocycles. The van der Waals surface area contributed by atoms with Crippen LogP contribution in [0.4, 0.5) is 0 Å². The van der Waals surface area contributed by atoms with Crippen molar-refractivity contribution in [1.29, 1.82) is 0 Å². The summed E-state index contributed by atoms with van der Waals surface area (Å²) in [5.41, 5.74) is 0.828. The van der Waals surface area contributed by atoms with E-state index in [-0.39, 0.29) is 0 Å². The highest BCUT2D eigenvalue weighted by Gasteiger charge is 2.58. The molecule has 2 aliphatic rings. The van der Waals surface area contributed by atoms with E-state index in [1.807, 2.05) is 0 Å². The van der Waals surface area contributed by atoms with E-state index in [0.717, 1.165) is 23.2 Å². The summed E-state index contributed by atoms with van der Waals surface area (Å²) in [5.74, 6) is 3.16. The quantitative estimate of drug-likeness (QED) is 0.539. The van der Waals surface area contributed by atoms with E-state index in [9.17, 15) is 0 Å². The molecule has 2 aliphatic carbocycles. The molecule has 0 amide bonds. The molecule has 0 heteroatoms. The van der Waals surface area contributed by atoms with Crippen molar-refractivity contribution in [3.63, 3.8) is 0 Å². The van der Waals surface area contributed by atoms with Crippen molar-refractivity contribution in [3.8, 4) is 0 Å². The summed E-state index contributed by atoms with van der Waals surface area (Å²) in [4.78, 5) is 0. The minimum atomic E-state index is 0.828. The minimum absolute atomic E-state index is 0.828. The van der Waals surface area contributed by atoms with Gasteiger partial charge >= 0.3 is 0 Å². The van der Waals surface area contributed by atoms with Gasteiger partial charge in [0.05, 0.1) is 0 Å². The molecule has 2 rings (SSSR count). The van der Waals surface area contributed by atoms with Crippen molar-refractivity contribution in [2.45, 2.75) is 46.5 Å². The van der Waals surface area contributed by atoms with Crippen LogP contribution < -0.4 is 0 Å². The molecule has 2 saturated carbocycles. The smallest absolute Gasteiger partial charge is 0.0218 e. The maximum atomic E-state index is 2.46. The average molecular weight is 152 g/mol. The van der Waals surface area contributed by atoms with Crippen molar-refractivity contribution < 1.29 is 0 Å². The van der Waals surface area contributed by atoms with Crippen LogP contribution in [0.5, 0.6) is 0 Å². The van der Waals surface area contributed by atoms with E-state index < -0.39 is 0 Å². The molecule has 0 nitrogen and oxygen atoms in total. The fraction of sp³-hybridized carbons (Fsp3) is 1.00. The predicted molar refractivity (Wildman–Crippen MR) is 48.4 cm³/mol. The van der Waals surface area contributed by atoms with E-state index >= 15 is 0 Å². The van der Waals surface area contributed by atoms with Crippen LogP contribution in [-0.4, -0.2) is 0 Å². The lowest BCUT2D eigenvalue weighted by atomic mass is 9.40. The molecule has 0 aromatic rings. The molecule has 0 heterocycles. The molecule has 64 valence electrons. The van der Waals surface area contributed by atoms with Crippen molar-refractivity contribution in [2.24, 2.45) is 23.2 Å². The molecule has 0 saturated heterocycles. The second-order valence-electron chi connectivity index (χ2n) is 4.79. The monoisotopic (exact) mass is 152 g/mol. The van der Waals surface area contributed by atoms with Gasteiger partial charge in [-0.2, -0.15) is 0 Å². The van der Waals surface area contributed by atoms with E-state index in [1.165, 1.54) is 25.7 Å². The molecular weight excluding hydrogens is 132 g/mol. The molecule has 2 fully saturated rings. The van der Waals surface area contributed by atoms with Crippen molar-refractivity contribution in [2.75, 3.05) is 0 Å². The van der Waals surface area contributed by atoms with Crippen LogP contribution in [0.15, 0.2) is 0 Å². The first-order valence-electron chi connectivity index (χ1n) is 5.21. The van der Waals surface area contributed by atoms with E-state index in [2.05, 4.69) is 20.8 Å². The first kappa shape index (κ1) is 7.64. The van der Waals surface area contributed by atoms with E-state index in [1.54, 1.807) is 0 Å². The van der Waals surface area contributed by atoms with Gasteiger partial charge in [-0.05, 0) is 42.4 Å². The van der Waals surface area contributed by atoms with Gasteiger partial charge in [0, 0.05) is 0 Å². The fourth-order valence-corrected chi connectivity index (χ4v) is 3.76. The van der Waals surface area contributed by atoms with Crippen LogP contribution in [0, 0.1) is 23.2 Å². The molecule has 0 radical (unpaired) electrons. The Kier molecular flexibility index (Phi) is 1.56. The summed E-state index contributed by atoms with van der Waals surface area (Å²) in [7, 11) is 0. The third-order valence-corrected chi connectivity index (χ3v) is 4.74. The third-order valence-electron chi connectivity index (χ3n) is 4.74. The van der Waals surface area contributed by atoms with Gasteiger partial charge in [-0.3, -0.25) is 0 Å². The van der Waals surface area contributed by atoms with Gasteiger partial charge in [0.25, 0.3) is 0 Å². The van der Waals surface area contributed by atoms with Gasteiger partial charge in [-0.1, -0.05) is 27.2 Å². The zero-order valence-electron chi connectivity index (χ0n) is 8.06. The highest BCUT2D eigenvalue weighted by molar-refractivity contribution is 5.07. The Morgan fingerprint density at radius 2 is 2.00 bits per heavy atom. The third kappa shape index (κ3) is 0.711. The first-order valence-corrected chi connectivity index (χ1v) is 5.21. The Bertz CT molecular complexity index is 155. The summed E-state index contributed by atoms with van der Waals surface area (Å²) in [6.07, 6.45) is 5.98. The van der Waals surface area contributed by atoms with Crippen LogP contribution in [0.3, 0.4) is 0 Å². The maximum Gasteiger partial charge on any atom is -0.0218 e. The molecular formula is C11H20. The fourth-order valence-electron chi connectivity index (χ4n) is 3.76. The van der Waals surface area contributed by atoms with Crippen LogP contribution in [-0.2, 0) is 0 Å². The van der Waals surface area contributed by atoms with Gasteiger partial charge in [0.1, 0.15) is 0 Å². The molecule has 0 aromatic carbocycles. The summed E-state index contributed by atoms with van der Waals surface area (Å²) in [5, 5.41) is 0. The maximum absolute atomic E-state index is 2.46. The van der Waals surface area contributed by atoms with Crippen LogP contribution in [0.2, 0.25) is 0 Å². The van der Waals surface area contributed by atoms with E-state index in [4.69, 9.17) is 0 Å². The van der Waals surface area contributed by atoms with E-state index in [0.29, 0.717) is 0 Å². The zero-order valence-corrected chi connectivity index (χ0v) is 8.06. The standard InChI is InChI=1S/C11H20/c1-4-10-7-9(3)11(10)6-5-8(11)2/h8-10H,4-7H2,1-3H3. The second kappa shape index (κ2) is 2.24. The largest absolute Gasteiger partial charge is 0.0651 e. The van der Waals surface area contributed by atoms with Gasteiger partial charge in [-0.25, -0.2) is 0 Å². The van der Waals surface area contributed by atoms with Gasteiger partial charge < -0.3 is 0 Å². The highest BCUT2D eigenvalue weighted by Crippen LogP contribution is 2.67. The zero-order chi connectivity index (χ0) is 8.06. The average Bonchev–Trinajstić information content (AvgIpc) is 1.97. The Labute approximate surface area is 70.4 Å². The molecule has 4 atom stereocenters. The summed E-state index contributed by atoms with van der Waals surface area (Å²) in [6.45, 7) is 7.28. The Balaban J connectivity index is 2.09. The Morgan fingerprint density at radius 1 is 1.27 bits per heavy atom. The van der Waals surface area contributed by atoms with Crippen LogP contribution in [0.1, 0.15) is 46.5 Å². The van der Waals surface area contributed by atoms with Gasteiger partial charge in [0.2, 0.25) is 0 Å². The second-order valence-corrected chi connectivity index (χ2v) is 4.79. The summed E-state index contributed by atoms with van der Waals surface area (Å²) in [6, 6.07) is 0. The Hall–Kier alpha value is 0. The Morgan fingerprint density at radius 3 is 2.18 bits per heavy atom. The first-order chi connectivity index (χ1) is 5.21. The minimum Gasteiger partial charge on any atom is -0.0651 e. The molecule has 0 N–H and O–H groups in total. The normalized spacial score (nSPS) is 55.4. The van der Waals surface area contributed by atoms with Crippen LogP contribution >= 0.6 is 0 Å². The highest BCUT2D eigenvalue weighted by atomic mass is 14.6. The van der Waals surface area contributed by atoms with Gasteiger partial charge in [0.15, 0.2) is 0 Å². The number of hydrogen-bond acceptors (Lipinski definition) is 0. The molecule has 0 bridgehead atoms. The number of rotatable bonds is 1. The molecule has 0 aromatic heterocycles. The van der Waals surface area contributed by atoms with Crippen LogP contribution in [0.25, 0.3) is 0 Å². The molecule has 11 heavy (non-hydrogen) atoms. The summed E-state index contributed by atoms with van der Waals surface area (Å²) >= 11 is 0. The van der Waals surface area contributed by atoms with Gasteiger partial charge in [-0.15, -0.1) is 0 Å². The predicted octanol–water partition coefficient (Wildman–Crippen LogP) is 3.47. The van der Waals surface area contributed by atoms with Crippen molar-refractivity contribution >= 4 is 0 Å². The topological polar surface area (TPSA) is 0 Å². The lowest BCUT2D eigenvalue weighted by molar-refractivity contribution is -0.158. The van der Waals surface area contributed by atoms with Crippen molar-refractivity contribution in [1.82, 2.24) is 0 Å². The lowest BCUT2D eigenvalue weighted by Gasteiger charge is -2.65. The van der Waals surface area contributed by atoms with Crippen molar-refractivity contribution in [3.05, 3.63) is 0 Å². The molecule has 1 spiro atoms. The lowest BCUT2D eigenvalue weighted by Crippen LogP contribution is -2.57. The summed E-state index contributed by atoms with van der Waals surface area (Å²) < 4.78 is 0. The SMILES string of the molecule is CCC1CC(C)C12CCC2C. The number of hydrogen-bond donors (Lipinski definition) is 0.